The second kappa shape index (κ2) is 13.2. The van der Waals surface area contributed by atoms with Crippen molar-refractivity contribution in [2.75, 3.05) is 18.6 Å². The highest BCUT2D eigenvalue weighted by molar-refractivity contribution is 8.00. The predicted molar refractivity (Wildman–Crippen MR) is 165 cm³/mol. The molecule has 4 aromatic rings. The van der Waals surface area contributed by atoms with Crippen molar-refractivity contribution >= 4 is 51.3 Å². The largest absolute Gasteiger partial charge is 0.503 e. The van der Waals surface area contributed by atoms with Crippen molar-refractivity contribution in [3.8, 4) is 11.5 Å². The number of hydrogen-bond acceptors (Lipinski definition) is 11. The van der Waals surface area contributed by atoms with Crippen LogP contribution in [-0.4, -0.2) is 45.7 Å². The number of ketones is 1. The van der Waals surface area contributed by atoms with Crippen LogP contribution in [0.25, 0.3) is 0 Å². The SMILES string of the molecule is CCCCOc1ccc(C2C(C(=O)c3sc(C)nc3C)=C(O)C(=O)N2c2nnc(SCc3ccc(F)cc3)s2)cc1OC. The van der Waals surface area contributed by atoms with Crippen LogP contribution in [0.15, 0.2) is 58.1 Å². The molecule has 1 unspecified atom stereocenters. The zero-order valence-electron chi connectivity index (χ0n) is 23.9. The molecule has 0 aliphatic carbocycles. The first-order valence-corrected chi connectivity index (χ1v) is 16.1. The van der Waals surface area contributed by atoms with Gasteiger partial charge in [0, 0.05) is 5.75 Å². The normalized spacial score (nSPS) is 15.0. The van der Waals surface area contributed by atoms with Gasteiger partial charge < -0.3 is 14.6 Å². The first-order chi connectivity index (χ1) is 20.7. The summed E-state index contributed by atoms with van der Waals surface area (Å²) in [6.07, 6.45) is 1.84. The van der Waals surface area contributed by atoms with E-state index in [1.807, 2.05) is 0 Å². The van der Waals surface area contributed by atoms with E-state index in [0.717, 1.165) is 29.7 Å². The van der Waals surface area contributed by atoms with E-state index in [2.05, 4.69) is 22.1 Å². The third-order valence-electron chi connectivity index (χ3n) is 6.70. The van der Waals surface area contributed by atoms with Crippen LogP contribution < -0.4 is 14.4 Å². The quantitative estimate of drug-likeness (QED) is 0.0756. The van der Waals surface area contributed by atoms with E-state index in [1.54, 1.807) is 44.2 Å². The Morgan fingerprint density at radius 3 is 2.56 bits per heavy atom. The third kappa shape index (κ3) is 6.43. The van der Waals surface area contributed by atoms with Crippen LogP contribution >= 0.6 is 34.4 Å². The Labute approximate surface area is 260 Å². The Morgan fingerprint density at radius 1 is 1.12 bits per heavy atom. The van der Waals surface area contributed by atoms with E-state index < -0.39 is 23.5 Å². The minimum atomic E-state index is -1.01. The molecule has 0 saturated heterocycles. The fourth-order valence-corrected chi connectivity index (χ4v) is 7.30. The lowest BCUT2D eigenvalue weighted by Crippen LogP contribution is -2.31. The van der Waals surface area contributed by atoms with Crippen molar-refractivity contribution in [3.05, 3.63) is 86.3 Å². The number of nitrogens with zero attached hydrogens (tertiary/aromatic N) is 4. The van der Waals surface area contributed by atoms with Gasteiger partial charge in [0.25, 0.3) is 5.91 Å². The molecule has 0 bridgehead atoms. The molecule has 1 N–H and O–H groups in total. The van der Waals surface area contributed by atoms with Crippen molar-refractivity contribution < 1.29 is 28.6 Å². The van der Waals surface area contributed by atoms with Crippen LogP contribution in [0.2, 0.25) is 0 Å². The fraction of sp³-hybridized carbons (Fsp3) is 0.300. The number of thiazole rings is 1. The average molecular weight is 641 g/mol. The number of Topliss-reactive ketones (excluding diaryl/α,β-unsaturated/α-hetero) is 1. The lowest BCUT2D eigenvalue weighted by atomic mass is 9.95. The molecule has 0 spiro atoms. The highest BCUT2D eigenvalue weighted by Gasteiger charge is 2.47. The van der Waals surface area contributed by atoms with Crippen LogP contribution in [0.3, 0.4) is 0 Å². The van der Waals surface area contributed by atoms with Crippen LogP contribution in [-0.2, 0) is 10.5 Å². The molecule has 0 radical (unpaired) electrons. The molecule has 0 fully saturated rings. The maximum atomic E-state index is 13.9. The van der Waals surface area contributed by atoms with Crippen molar-refractivity contribution in [2.24, 2.45) is 0 Å². The van der Waals surface area contributed by atoms with Gasteiger partial charge >= 0.3 is 0 Å². The number of hydrogen-bond donors (Lipinski definition) is 1. The predicted octanol–water partition coefficient (Wildman–Crippen LogP) is 7.01. The Balaban J connectivity index is 1.52. The number of aliphatic hydroxyl groups excluding tert-OH is 1. The molecule has 1 atom stereocenters. The number of halogens is 1. The van der Waals surface area contributed by atoms with Gasteiger partial charge in [0.15, 0.2) is 21.6 Å². The van der Waals surface area contributed by atoms with Gasteiger partial charge in [-0.25, -0.2) is 9.37 Å². The van der Waals surface area contributed by atoms with Gasteiger partial charge in [0.1, 0.15) is 5.82 Å². The lowest BCUT2D eigenvalue weighted by Gasteiger charge is -2.24. The molecular weight excluding hydrogens is 612 g/mol. The topological polar surface area (TPSA) is 115 Å². The number of carbonyl (C=O) groups is 2. The second-order valence-corrected chi connectivity index (χ2v) is 13.1. The number of anilines is 1. The summed E-state index contributed by atoms with van der Waals surface area (Å²) in [5, 5.41) is 20.6. The number of methoxy groups -OCH3 is 1. The molecule has 3 heterocycles. The van der Waals surface area contributed by atoms with E-state index in [4.69, 9.17) is 9.47 Å². The zero-order chi connectivity index (χ0) is 30.7. The van der Waals surface area contributed by atoms with Crippen molar-refractivity contribution in [2.45, 2.75) is 49.7 Å². The van der Waals surface area contributed by atoms with Crippen molar-refractivity contribution in [1.29, 1.82) is 0 Å². The molecule has 1 amide bonds. The summed E-state index contributed by atoms with van der Waals surface area (Å²) >= 11 is 3.74. The number of aryl methyl sites for hydroxylation is 2. The van der Waals surface area contributed by atoms with E-state index >= 15 is 0 Å². The highest BCUT2D eigenvalue weighted by Crippen LogP contribution is 2.46. The van der Waals surface area contributed by atoms with Gasteiger partial charge in [0.2, 0.25) is 10.9 Å². The smallest absolute Gasteiger partial charge is 0.296 e. The first kappa shape index (κ1) is 30.6. The number of aliphatic hydroxyl groups is 1. The summed E-state index contributed by atoms with van der Waals surface area (Å²) in [6.45, 7) is 6.09. The molecule has 224 valence electrons. The van der Waals surface area contributed by atoms with Gasteiger partial charge in [-0.15, -0.1) is 21.5 Å². The number of amides is 1. The summed E-state index contributed by atoms with van der Waals surface area (Å²) in [4.78, 5) is 33.6. The van der Waals surface area contributed by atoms with E-state index in [-0.39, 0.29) is 16.5 Å². The van der Waals surface area contributed by atoms with Crippen molar-refractivity contribution in [3.63, 3.8) is 0 Å². The number of aromatic nitrogens is 3. The molecule has 9 nitrogen and oxygen atoms in total. The minimum absolute atomic E-state index is 0.0748. The number of benzene rings is 2. The van der Waals surface area contributed by atoms with E-state index in [9.17, 15) is 19.1 Å². The molecule has 2 aromatic heterocycles. The van der Waals surface area contributed by atoms with E-state index in [0.29, 0.717) is 49.3 Å². The molecule has 0 saturated carbocycles. The zero-order valence-corrected chi connectivity index (χ0v) is 26.4. The van der Waals surface area contributed by atoms with Crippen LogP contribution in [0.4, 0.5) is 9.52 Å². The molecular formula is C30H29FN4O5S3. The van der Waals surface area contributed by atoms with E-state index in [1.165, 1.54) is 47.2 Å². The van der Waals surface area contributed by atoms with Gasteiger partial charge in [-0.05, 0) is 55.7 Å². The Kier molecular flexibility index (Phi) is 9.43. The molecule has 5 rings (SSSR count). The Hall–Kier alpha value is -3.81. The monoisotopic (exact) mass is 640 g/mol. The Morgan fingerprint density at radius 2 is 1.88 bits per heavy atom. The molecule has 13 heteroatoms. The first-order valence-electron chi connectivity index (χ1n) is 13.5. The average Bonchev–Trinajstić information content (AvgIpc) is 3.68. The fourth-order valence-electron chi connectivity index (χ4n) is 4.60. The minimum Gasteiger partial charge on any atom is -0.503 e. The number of unbranched alkanes of at least 4 members (excludes halogenated alkanes) is 1. The summed E-state index contributed by atoms with van der Waals surface area (Å²) in [5.74, 6) is -0.750. The summed E-state index contributed by atoms with van der Waals surface area (Å²) in [6, 6.07) is 10.3. The second-order valence-electron chi connectivity index (χ2n) is 9.69. The molecule has 2 aromatic carbocycles. The number of ether oxygens (including phenoxy) is 2. The van der Waals surface area contributed by atoms with Gasteiger partial charge in [0.05, 0.1) is 40.9 Å². The van der Waals surface area contributed by atoms with Gasteiger partial charge in [-0.3, -0.25) is 14.5 Å². The standard InChI is InChI=1S/C30H29FN4O5S3/c1-5-6-13-40-21-12-9-19(14-22(21)39-4)24-23(25(36)27-16(2)32-17(3)42-27)26(37)28(38)35(24)29-33-34-30(43-29)41-15-18-7-10-20(31)11-8-18/h7-12,14,24,37H,5-6,13,15H2,1-4H3. The summed E-state index contributed by atoms with van der Waals surface area (Å²) in [5.41, 5.74) is 1.86. The Bertz CT molecular complexity index is 1690. The molecule has 43 heavy (non-hydrogen) atoms. The maximum absolute atomic E-state index is 13.9. The molecule has 1 aliphatic heterocycles. The lowest BCUT2D eigenvalue weighted by molar-refractivity contribution is -0.117. The van der Waals surface area contributed by atoms with Crippen LogP contribution in [0, 0.1) is 19.7 Å². The highest BCUT2D eigenvalue weighted by atomic mass is 32.2. The van der Waals surface area contributed by atoms with Crippen LogP contribution in [0.1, 0.15) is 57.3 Å². The summed E-state index contributed by atoms with van der Waals surface area (Å²) in [7, 11) is 1.52. The number of carbonyl (C=O) groups excluding carboxylic acids is 2. The third-order valence-corrected chi connectivity index (χ3v) is 9.90. The van der Waals surface area contributed by atoms with Gasteiger partial charge in [-0.2, -0.15) is 0 Å². The van der Waals surface area contributed by atoms with Crippen molar-refractivity contribution in [1.82, 2.24) is 15.2 Å². The van der Waals surface area contributed by atoms with Gasteiger partial charge in [-0.1, -0.05) is 54.6 Å². The maximum Gasteiger partial charge on any atom is 0.296 e. The number of thioether (sulfide) groups is 1. The number of rotatable bonds is 12. The molecule has 1 aliphatic rings. The summed E-state index contributed by atoms with van der Waals surface area (Å²) < 4.78 is 25.4. The van der Waals surface area contributed by atoms with Crippen LogP contribution in [0.5, 0.6) is 11.5 Å².